The predicted molar refractivity (Wildman–Crippen MR) is 108 cm³/mol. The number of hydrogen-bond acceptors (Lipinski definition) is 3. The van der Waals surface area contributed by atoms with Crippen LogP contribution in [0.5, 0.6) is 0 Å². The van der Waals surface area contributed by atoms with Crippen LogP contribution >= 0.6 is 0 Å². The summed E-state index contributed by atoms with van der Waals surface area (Å²) in [7, 11) is 3.65. The van der Waals surface area contributed by atoms with E-state index in [2.05, 4.69) is 10.2 Å². The summed E-state index contributed by atoms with van der Waals surface area (Å²) < 4.78 is 3.55. The minimum Gasteiger partial charge on any atom is -0.336 e. The molecule has 0 aliphatic rings. The fourth-order valence-electron chi connectivity index (χ4n) is 3.17. The average Bonchev–Trinajstić information content (AvgIpc) is 3.39. The lowest BCUT2D eigenvalue weighted by atomic mass is 10.1. The van der Waals surface area contributed by atoms with Crippen LogP contribution in [0, 0.1) is 0 Å². The molecule has 0 N–H and O–H groups in total. The first-order chi connectivity index (χ1) is 13.6. The van der Waals surface area contributed by atoms with E-state index in [1.54, 1.807) is 27.5 Å². The fraction of sp³-hybridized carbons (Fsp3) is 0.136. The second-order valence-electron chi connectivity index (χ2n) is 6.68. The third-order valence-electron chi connectivity index (χ3n) is 4.64. The van der Waals surface area contributed by atoms with Gasteiger partial charge in [0.1, 0.15) is 0 Å². The van der Waals surface area contributed by atoms with Gasteiger partial charge in [-0.2, -0.15) is 10.2 Å². The van der Waals surface area contributed by atoms with Crippen LogP contribution in [-0.4, -0.2) is 37.4 Å². The molecule has 1 amide bonds. The van der Waals surface area contributed by atoms with Gasteiger partial charge in [-0.25, -0.2) is 4.68 Å². The van der Waals surface area contributed by atoms with Crippen molar-refractivity contribution in [3.8, 4) is 16.9 Å². The summed E-state index contributed by atoms with van der Waals surface area (Å²) >= 11 is 0. The zero-order valence-electron chi connectivity index (χ0n) is 15.9. The molecule has 0 saturated carbocycles. The summed E-state index contributed by atoms with van der Waals surface area (Å²) in [6.45, 7) is 0.509. The van der Waals surface area contributed by atoms with Crippen LogP contribution in [0.2, 0.25) is 0 Å². The van der Waals surface area contributed by atoms with Crippen molar-refractivity contribution in [2.45, 2.75) is 6.54 Å². The van der Waals surface area contributed by atoms with Crippen LogP contribution in [0.25, 0.3) is 16.9 Å². The zero-order chi connectivity index (χ0) is 19.5. The Balaban J connectivity index is 1.48. The first-order valence-corrected chi connectivity index (χ1v) is 9.06. The summed E-state index contributed by atoms with van der Waals surface area (Å²) in [6, 6.07) is 21.7. The van der Waals surface area contributed by atoms with Gasteiger partial charge in [0, 0.05) is 33.0 Å². The highest BCUT2D eigenvalue weighted by Crippen LogP contribution is 2.20. The van der Waals surface area contributed by atoms with Gasteiger partial charge < -0.3 is 4.90 Å². The largest absolute Gasteiger partial charge is 0.336 e. The van der Waals surface area contributed by atoms with E-state index in [0.717, 1.165) is 22.5 Å². The molecule has 0 atom stereocenters. The predicted octanol–water partition coefficient (Wildman–Crippen LogP) is 3.55. The van der Waals surface area contributed by atoms with Crippen molar-refractivity contribution in [2.75, 3.05) is 7.05 Å². The van der Waals surface area contributed by atoms with Crippen LogP contribution in [-0.2, 0) is 13.6 Å². The molecule has 2 aromatic heterocycles. The molecule has 4 aromatic rings. The molecule has 0 spiro atoms. The van der Waals surface area contributed by atoms with Crippen molar-refractivity contribution < 1.29 is 4.79 Å². The van der Waals surface area contributed by atoms with Crippen LogP contribution in [0.4, 0.5) is 0 Å². The molecule has 0 radical (unpaired) electrons. The van der Waals surface area contributed by atoms with Gasteiger partial charge in [0.15, 0.2) is 5.69 Å². The Morgan fingerprint density at radius 1 is 1.04 bits per heavy atom. The quantitative estimate of drug-likeness (QED) is 0.539. The highest BCUT2D eigenvalue weighted by Gasteiger charge is 2.18. The third-order valence-corrected chi connectivity index (χ3v) is 4.64. The summed E-state index contributed by atoms with van der Waals surface area (Å²) in [5.74, 6) is -0.103. The lowest BCUT2D eigenvalue weighted by molar-refractivity contribution is 0.0778. The monoisotopic (exact) mass is 371 g/mol. The molecule has 0 bridgehead atoms. The summed E-state index contributed by atoms with van der Waals surface area (Å²) in [4.78, 5) is 14.5. The Kier molecular flexibility index (Phi) is 4.76. The molecule has 0 aliphatic heterocycles. The molecule has 140 valence electrons. The second kappa shape index (κ2) is 7.52. The Hall–Kier alpha value is -3.67. The molecular formula is C22H21N5O. The van der Waals surface area contributed by atoms with Crippen molar-refractivity contribution in [2.24, 2.45) is 7.05 Å². The van der Waals surface area contributed by atoms with Crippen molar-refractivity contribution >= 4 is 5.91 Å². The molecule has 6 nitrogen and oxygen atoms in total. The Morgan fingerprint density at radius 2 is 1.79 bits per heavy atom. The van der Waals surface area contributed by atoms with E-state index in [-0.39, 0.29) is 5.91 Å². The smallest absolute Gasteiger partial charge is 0.274 e. The fourth-order valence-corrected chi connectivity index (χ4v) is 3.17. The first kappa shape index (κ1) is 17.7. The normalized spacial score (nSPS) is 10.8. The average molecular weight is 371 g/mol. The maximum atomic E-state index is 12.8. The van der Waals surface area contributed by atoms with Crippen LogP contribution in [0.3, 0.4) is 0 Å². The summed E-state index contributed by atoms with van der Waals surface area (Å²) in [5.41, 5.74) is 4.43. The Morgan fingerprint density at radius 3 is 2.46 bits per heavy atom. The van der Waals surface area contributed by atoms with Gasteiger partial charge in [-0.15, -0.1) is 0 Å². The van der Waals surface area contributed by atoms with Gasteiger partial charge >= 0.3 is 0 Å². The number of benzene rings is 2. The Bertz CT molecular complexity index is 1070. The lowest BCUT2D eigenvalue weighted by Gasteiger charge is -2.16. The molecule has 0 unspecified atom stereocenters. The minimum atomic E-state index is -0.103. The summed E-state index contributed by atoms with van der Waals surface area (Å²) in [5, 5.41) is 8.63. The van der Waals surface area contributed by atoms with Gasteiger partial charge in [0.2, 0.25) is 0 Å². The van der Waals surface area contributed by atoms with E-state index in [4.69, 9.17) is 0 Å². The molecule has 2 heterocycles. The number of hydrogen-bond donors (Lipinski definition) is 0. The van der Waals surface area contributed by atoms with Gasteiger partial charge in [-0.1, -0.05) is 42.5 Å². The van der Waals surface area contributed by atoms with Crippen molar-refractivity contribution in [3.05, 3.63) is 90.4 Å². The van der Waals surface area contributed by atoms with Gasteiger partial charge in [0.25, 0.3) is 5.91 Å². The van der Waals surface area contributed by atoms with E-state index in [1.807, 2.05) is 80.0 Å². The maximum Gasteiger partial charge on any atom is 0.274 e. The van der Waals surface area contributed by atoms with Gasteiger partial charge in [-0.05, 0) is 35.4 Å². The molecular weight excluding hydrogens is 350 g/mol. The lowest BCUT2D eigenvalue weighted by Crippen LogP contribution is -2.26. The standard InChI is InChI=1S/C22H21N5O/c1-25(16-17-9-11-19(12-10-17)27-14-6-13-23-27)22(28)20-15-21(26(2)24-20)18-7-4-3-5-8-18/h3-15H,16H2,1-2H3. The van der Waals surface area contributed by atoms with E-state index in [1.165, 1.54) is 0 Å². The molecule has 2 aromatic carbocycles. The van der Waals surface area contributed by atoms with Crippen molar-refractivity contribution in [1.82, 2.24) is 24.5 Å². The van der Waals surface area contributed by atoms with E-state index in [0.29, 0.717) is 12.2 Å². The van der Waals surface area contributed by atoms with E-state index >= 15 is 0 Å². The zero-order valence-corrected chi connectivity index (χ0v) is 15.9. The molecule has 4 rings (SSSR count). The van der Waals surface area contributed by atoms with E-state index in [9.17, 15) is 4.79 Å². The number of nitrogens with zero attached hydrogens (tertiary/aromatic N) is 5. The summed E-state index contributed by atoms with van der Waals surface area (Å²) in [6.07, 6.45) is 3.65. The van der Waals surface area contributed by atoms with Crippen LogP contribution in [0.15, 0.2) is 79.1 Å². The van der Waals surface area contributed by atoms with E-state index < -0.39 is 0 Å². The molecule has 0 fully saturated rings. The van der Waals surface area contributed by atoms with Gasteiger partial charge in [0.05, 0.1) is 11.4 Å². The van der Waals surface area contributed by atoms with Crippen LogP contribution < -0.4 is 0 Å². The highest BCUT2D eigenvalue weighted by molar-refractivity contribution is 5.93. The molecule has 6 heteroatoms. The molecule has 28 heavy (non-hydrogen) atoms. The number of aryl methyl sites for hydroxylation is 1. The number of carbonyl (C=O) groups is 1. The number of rotatable bonds is 5. The second-order valence-corrected chi connectivity index (χ2v) is 6.68. The maximum absolute atomic E-state index is 12.8. The number of amides is 1. The first-order valence-electron chi connectivity index (χ1n) is 9.06. The number of carbonyl (C=O) groups excluding carboxylic acids is 1. The topological polar surface area (TPSA) is 56.0 Å². The van der Waals surface area contributed by atoms with Gasteiger partial charge in [-0.3, -0.25) is 9.48 Å². The van der Waals surface area contributed by atoms with Crippen molar-refractivity contribution in [1.29, 1.82) is 0 Å². The number of aromatic nitrogens is 4. The minimum absolute atomic E-state index is 0.103. The SMILES string of the molecule is CN(Cc1ccc(-n2cccn2)cc1)C(=O)c1cc(-c2ccccc2)n(C)n1. The third kappa shape index (κ3) is 3.57. The molecule has 0 saturated heterocycles. The Labute approximate surface area is 163 Å². The highest BCUT2D eigenvalue weighted by atomic mass is 16.2. The van der Waals surface area contributed by atoms with Crippen LogP contribution in [0.1, 0.15) is 16.1 Å². The molecule has 0 aliphatic carbocycles. The van der Waals surface area contributed by atoms with Crippen molar-refractivity contribution in [3.63, 3.8) is 0 Å².